The number of nitrogens with two attached hydrogens (primary N) is 1. The van der Waals surface area contributed by atoms with Crippen molar-refractivity contribution in [1.29, 1.82) is 5.41 Å². The molecule has 0 spiro atoms. The molecule has 1 aromatic heterocycles. The molecule has 2 heterocycles. The van der Waals surface area contributed by atoms with Crippen LogP contribution in [0.15, 0.2) is 48.7 Å². The molecule has 0 bridgehead atoms. The standard InChI is InChI=1S/C17H21N3O2.C7H6ClNO2/c18-10-13-4-3-6-16-15(13)7-9-19(16)11-17(22)20-8-2-1-5-14(20)12-21;8-5-3-4(7(9)11)1-2-6(5)10/h3-4,6-7,9-10,14,18,21H,1-2,5,8,11-12H2;1-3,10H,(H2,9,11). The van der Waals surface area contributed by atoms with Crippen LogP contribution in [0.4, 0.5) is 0 Å². The van der Waals surface area contributed by atoms with Gasteiger partial charge in [-0.05, 0) is 49.6 Å². The van der Waals surface area contributed by atoms with Crippen LogP contribution in [-0.4, -0.2) is 56.9 Å². The minimum absolute atomic E-state index is 0.0378. The topological polar surface area (TPSA) is 133 Å². The van der Waals surface area contributed by atoms with Crippen molar-refractivity contribution < 1.29 is 19.8 Å². The van der Waals surface area contributed by atoms with Gasteiger partial charge < -0.3 is 30.8 Å². The molecular weight excluding hydrogens is 444 g/mol. The monoisotopic (exact) mass is 470 g/mol. The van der Waals surface area contributed by atoms with Crippen molar-refractivity contribution in [2.75, 3.05) is 13.2 Å². The van der Waals surface area contributed by atoms with Crippen LogP contribution in [0, 0.1) is 5.41 Å². The van der Waals surface area contributed by atoms with Crippen molar-refractivity contribution in [2.24, 2.45) is 5.73 Å². The lowest BCUT2D eigenvalue weighted by atomic mass is 10.0. The van der Waals surface area contributed by atoms with Gasteiger partial charge in [0.2, 0.25) is 11.8 Å². The Hall–Kier alpha value is -3.36. The van der Waals surface area contributed by atoms with Crippen molar-refractivity contribution in [3.8, 4) is 5.75 Å². The number of nitrogens with one attached hydrogen (secondary N) is 1. The normalized spacial score (nSPS) is 15.6. The summed E-state index contributed by atoms with van der Waals surface area (Å²) in [5.74, 6) is -0.569. The number of rotatable bonds is 5. The Labute approximate surface area is 196 Å². The molecule has 5 N–H and O–H groups in total. The van der Waals surface area contributed by atoms with Gasteiger partial charge in [0.15, 0.2) is 0 Å². The maximum Gasteiger partial charge on any atom is 0.248 e. The Morgan fingerprint density at radius 2 is 2.00 bits per heavy atom. The van der Waals surface area contributed by atoms with Gasteiger partial charge in [-0.25, -0.2) is 0 Å². The molecule has 8 nitrogen and oxygen atoms in total. The predicted molar refractivity (Wildman–Crippen MR) is 128 cm³/mol. The number of hydrogen-bond acceptors (Lipinski definition) is 5. The molecule has 174 valence electrons. The number of piperidine rings is 1. The fourth-order valence-corrected chi connectivity index (χ4v) is 4.11. The molecule has 0 saturated carbocycles. The van der Waals surface area contributed by atoms with Gasteiger partial charge in [0, 0.05) is 41.0 Å². The maximum absolute atomic E-state index is 12.6. The summed E-state index contributed by atoms with van der Waals surface area (Å²) in [7, 11) is 0. The number of primary amides is 1. The minimum Gasteiger partial charge on any atom is -0.506 e. The second kappa shape index (κ2) is 11.0. The van der Waals surface area contributed by atoms with Crippen LogP contribution in [0.3, 0.4) is 0 Å². The third-order valence-corrected chi connectivity index (χ3v) is 6.00. The summed E-state index contributed by atoms with van der Waals surface area (Å²) >= 11 is 5.50. The van der Waals surface area contributed by atoms with E-state index in [9.17, 15) is 14.7 Å². The Bertz CT molecular complexity index is 1160. The van der Waals surface area contributed by atoms with Gasteiger partial charge in [-0.15, -0.1) is 0 Å². The third kappa shape index (κ3) is 5.71. The van der Waals surface area contributed by atoms with Crippen molar-refractivity contribution in [1.82, 2.24) is 9.47 Å². The van der Waals surface area contributed by atoms with Crippen LogP contribution in [0.1, 0.15) is 35.2 Å². The number of phenolic OH excluding ortho intramolecular Hbond substituents is 1. The lowest BCUT2D eigenvalue weighted by Gasteiger charge is -2.34. The van der Waals surface area contributed by atoms with Gasteiger partial charge >= 0.3 is 0 Å². The van der Waals surface area contributed by atoms with E-state index in [1.54, 1.807) is 0 Å². The third-order valence-electron chi connectivity index (χ3n) is 5.70. The van der Waals surface area contributed by atoms with Crippen LogP contribution in [-0.2, 0) is 11.3 Å². The van der Waals surface area contributed by atoms with E-state index in [-0.39, 0.29) is 41.4 Å². The van der Waals surface area contributed by atoms with Gasteiger partial charge in [0.1, 0.15) is 12.3 Å². The number of phenols is 1. The second-order valence-corrected chi connectivity index (χ2v) is 8.22. The van der Waals surface area contributed by atoms with Crippen LogP contribution in [0.2, 0.25) is 5.02 Å². The first-order valence-electron chi connectivity index (χ1n) is 10.6. The SMILES string of the molecule is N=Cc1cccc2c1ccn2CC(=O)N1CCCCC1CO.NC(=O)c1ccc(O)c(Cl)c1. The molecule has 0 radical (unpaired) electrons. The zero-order valence-electron chi connectivity index (χ0n) is 18.1. The fraction of sp³-hybridized carbons (Fsp3) is 0.292. The van der Waals surface area contributed by atoms with Gasteiger partial charge in [0.25, 0.3) is 0 Å². The number of fused-ring (bicyclic) bond motifs is 1. The van der Waals surface area contributed by atoms with Gasteiger partial charge in [-0.2, -0.15) is 0 Å². The van der Waals surface area contributed by atoms with Crippen molar-refractivity contribution in [2.45, 2.75) is 31.8 Å². The molecule has 3 aromatic rings. The average molecular weight is 471 g/mol. The van der Waals surface area contributed by atoms with Gasteiger partial charge in [-0.3, -0.25) is 9.59 Å². The second-order valence-electron chi connectivity index (χ2n) is 7.82. The summed E-state index contributed by atoms with van der Waals surface area (Å²) in [4.78, 5) is 24.9. The highest BCUT2D eigenvalue weighted by Gasteiger charge is 2.26. The number of nitrogens with zero attached hydrogens (tertiary/aromatic N) is 2. The molecule has 33 heavy (non-hydrogen) atoms. The lowest BCUT2D eigenvalue weighted by molar-refractivity contribution is -0.136. The van der Waals surface area contributed by atoms with E-state index in [0.29, 0.717) is 0 Å². The molecule has 1 unspecified atom stereocenters. The molecule has 2 aromatic carbocycles. The Morgan fingerprint density at radius 3 is 2.67 bits per heavy atom. The summed E-state index contributed by atoms with van der Waals surface area (Å²) in [5, 5.41) is 27.0. The molecular formula is C24H27ClN4O4. The first-order chi connectivity index (χ1) is 15.8. The first-order valence-corrected chi connectivity index (χ1v) is 11.0. The zero-order chi connectivity index (χ0) is 24.0. The van der Waals surface area contributed by atoms with E-state index in [4.69, 9.17) is 27.9 Å². The number of amides is 2. The molecule has 1 aliphatic heterocycles. The van der Waals surface area contributed by atoms with Crippen LogP contribution in [0.25, 0.3) is 10.9 Å². The molecule has 1 fully saturated rings. The van der Waals surface area contributed by atoms with Crippen molar-refractivity contribution >= 4 is 40.5 Å². The van der Waals surface area contributed by atoms with E-state index in [0.717, 1.165) is 42.3 Å². The summed E-state index contributed by atoms with van der Waals surface area (Å²) in [6.45, 7) is 1.05. The molecule has 1 atom stereocenters. The number of aromatic hydroxyl groups is 1. The zero-order valence-corrected chi connectivity index (χ0v) is 18.8. The number of aliphatic hydroxyl groups is 1. The van der Waals surface area contributed by atoms with E-state index in [1.807, 2.05) is 39.9 Å². The molecule has 0 aliphatic carbocycles. The van der Waals surface area contributed by atoms with Gasteiger partial charge in [0.05, 0.1) is 17.7 Å². The number of hydrogen-bond donors (Lipinski definition) is 4. The van der Waals surface area contributed by atoms with Gasteiger partial charge in [-0.1, -0.05) is 23.7 Å². The molecule has 1 saturated heterocycles. The van der Waals surface area contributed by atoms with E-state index < -0.39 is 5.91 Å². The van der Waals surface area contributed by atoms with Crippen molar-refractivity contribution in [3.63, 3.8) is 0 Å². The number of likely N-dealkylation sites (tertiary alicyclic amines) is 1. The number of carbonyl (C=O) groups is 2. The number of aliphatic hydroxyl groups excluding tert-OH is 1. The molecule has 4 rings (SSSR count). The summed E-state index contributed by atoms with van der Waals surface area (Å²) in [6.07, 6.45) is 6.19. The smallest absolute Gasteiger partial charge is 0.248 e. The maximum atomic E-state index is 12.6. The van der Waals surface area contributed by atoms with Crippen LogP contribution < -0.4 is 5.73 Å². The number of halogens is 1. The lowest BCUT2D eigenvalue weighted by Crippen LogP contribution is -2.46. The largest absolute Gasteiger partial charge is 0.506 e. The van der Waals surface area contributed by atoms with E-state index in [2.05, 4.69) is 0 Å². The number of carbonyl (C=O) groups excluding carboxylic acids is 2. The Morgan fingerprint density at radius 1 is 1.21 bits per heavy atom. The highest BCUT2D eigenvalue weighted by Crippen LogP contribution is 2.23. The minimum atomic E-state index is -0.563. The van der Waals surface area contributed by atoms with E-state index in [1.165, 1.54) is 24.4 Å². The average Bonchev–Trinajstić information content (AvgIpc) is 3.23. The highest BCUT2D eigenvalue weighted by atomic mass is 35.5. The molecule has 2 amide bonds. The molecule has 9 heteroatoms. The van der Waals surface area contributed by atoms with Crippen molar-refractivity contribution in [3.05, 3.63) is 64.8 Å². The first kappa shape index (κ1) is 24.3. The van der Waals surface area contributed by atoms with Crippen LogP contribution >= 0.6 is 11.6 Å². The quantitative estimate of drug-likeness (QED) is 0.426. The Kier molecular flexibility index (Phi) is 8.08. The molecule has 1 aliphatic rings. The van der Waals surface area contributed by atoms with E-state index >= 15 is 0 Å². The summed E-state index contributed by atoms with van der Waals surface area (Å²) in [5.41, 5.74) is 7.06. The number of benzene rings is 2. The Balaban J connectivity index is 0.000000235. The fourth-order valence-electron chi connectivity index (χ4n) is 3.93. The number of aromatic nitrogens is 1. The summed E-state index contributed by atoms with van der Waals surface area (Å²) < 4.78 is 1.92. The highest BCUT2D eigenvalue weighted by molar-refractivity contribution is 6.32. The van der Waals surface area contributed by atoms with Crippen LogP contribution in [0.5, 0.6) is 5.75 Å². The predicted octanol–water partition coefficient (Wildman–Crippen LogP) is 3.16. The summed E-state index contributed by atoms with van der Waals surface area (Å²) in [6, 6.07) is 11.7.